The second-order valence-corrected chi connectivity index (χ2v) is 10.1. The van der Waals surface area contributed by atoms with Crippen LogP contribution in [0.2, 0.25) is 0 Å². The number of rotatable bonds is 0. The summed E-state index contributed by atoms with van der Waals surface area (Å²) in [6.07, 6.45) is 12.0. The monoisotopic (exact) mass is 293 g/mol. The van der Waals surface area contributed by atoms with Gasteiger partial charge in [-0.05, 0) is 67.6 Å². The summed E-state index contributed by atoms with van der Waals surface area (Å²) in [6, 6.07) is 0. The van der Waals surface area contributed by atoms with E-state index in [1.807, 2.05) is 0 Å². The van der Waals surface area contributed by atoms with Crippen LogP contribution in [0, 0.1) is 22.2 Å². The van der Waals surface area contributed by atoms with Gasteiger partial charge in [0, 0.05) is 5.54 Å². The van der Waals surface area contributed by atoms with Crippen LogP contribution in [0.3, 0.4) is 0 Å². The number of nitrogens with two attached hydrogens (primary N) is 1. The smallest absolute Gasteiger partial charge is 0.0126 e. The molecule has 3 atom stereocenters. The van der Waals surface area contributed by atoms with Gasteiger partial charge in [-0.15, -0.1) is 0 Å². The Morgan fingerprint density at radius 2 is 1.33 bits per heavy atom. The Labute approximate surface area is 133 Å². The molecule has 0 aromatic carbocycles. The van der Waals surface area contributed by atoms with E-state index in [1.54, 1.807) is 0 Å². The number of hydrogen-bond donors (Lipinski definition) is 1. The van der Waals surface area contributed by atoms with Gasteiger partial charge in [0.2, 0.25) is 0 Å². The Balaban J connectivity index is 2.04. The summed E-state index contributed by atoms with van der Waals surface area (Å²) in [6.45, 7) is 14.7. The Hall–Kier alpha value is -0.0400. The first-order valence-electron chi connectivity index (χ1n) is 9.29. The summed E-state index contributed by atoms with van der Waals surface area (Å²) in [7, 11) is 0. The van der Waals surface area contributed by atoms with E-state index in [4.69, 9.17) is 5.73 Å². The van der Waals surface area contributed by atoms with E-state index in [0.29, 0.717) is 16.2 Å². The molecule has 2 aliphatic rings. The normalized spacial score (nSPS) is 43.9. The van der Waals surface area contributed by atoms with Crippen molar-refractivity contribution in [1.29, 1.82) is 0 Å². The van der Waals surface area contributed by atoms with Gasteiger partial charge >= 0.3 is 0 Å². The third-order valence-corrected chi connectivity index (χ3v) is 7.44. The third-order valence-electron chi connectivity index (χ3n) is 7.44. The van der Waals surface area contributed by atoms with Crippen LogP contribution in [0.1, 0.15) is 99.3 Å². The highest BCUT2D eigenvalue weighted by Gasteiger charge is 2.65. The molecule has 0 heterocycles. The molecule has 0 amide bonds. The summed E-state index contributed by atoms with van der Waals surface area (Å²) in [5.41, 5.74) is 8.23. The van der Waals surface area contributed by atoms with Crippen LogP contribution >= 0.6 is 0 Å². The van der Waals surface area contributed by atoms with Crippen molar-refractivity contribution >= 4 is 0 Å². The molecule has 0 saturated heterocycles. The zero-order chi connectivity index (χ0) is 15.9. The summed E-state index contributed by atoms with van der Waals surface area (Å²) >= 11 is 0. The highest BCUT2D eigenvalue weighted by molar-refractivity contribution is 5.14. The molecule has 0 aliphatic heterocycles. The molecule has 0 aromatic rings. The van der Waals surface area contributed by atoms with Gasteiger partial charge in [-0.3, -0.25) is 0 Å². The minimum atomic E-state index is 0.0424. The van der Waals surface area contributed by atoms with Gasteiger partial charge in [0.1, 0.15) is 0 Å². The van der Waals surface area contributed by atoms with Crippen molar-refractivity contribution in [3.8, 4) is 0 Å². The average molecular weight is 294 g/mol. The Kier molecular flexibility index (Phi) is 4.58. The molecule has 21 heavy (non-hydrogen) atoms. The zero-order valence-corrected chi connectivity index (χ0v) is 15.5. The Bertz CT molecular complexity index is 366. The quantitative estimate of drug-likeness (QED) is 0.589. The minimum Gasteiger partial charge on any atom is -0.325 e. The molecule has 2 rings (SSSR count). The van der Waals surface area contributed by atoms with Crippen molar-refractivity contribution in [2.45, 2.75) is 105 Å². The average Bonchev–Trinajstić information content (AvgIpc) is 2.77. The molecule has 0 bridgehead atoms. The van der Waals surface area contributed by atoms with Crippen molar-refractivity contribution in [2.24, 2.45) is 27.9 Å². The molecule has 1 heteroatoms. The number of fused-ring (bicyclic) bond motifs is 1. The fourth-order valence-electron chi connectivity index (χ4n) is 5.05. The van der Waals surface area contributed by atoms with Crippen LogP contribution < -0.4 is 5.73 Å². The van der Waals surface area contributed by atoms with Gasteiger partial charge in [-0.25, -0.2) is 0 Å². The van der Waals surface area contributed by atoms with Crippen LogP contribution in [0.4, 0.5) is 0 Å². The second-order valence-electron chi connectivity index (χ2n) is 10.1. The van der Waals surface area contributed by atoms with E-state index in [9.17, 15) is 0 Å². The highest BCUT2D eigenvalue weighted by atomic mass is 14.7. The lowest BCUT2D eigenvalue weighted by Crippen LogP contribution is -2.37. The van der Waals surface area contributed by atoms with Crippen molar-refractivity contribution < 1.29 is 0 Å². The summed E-state index contributed by atoms with van der Waals surface area (Å²) < 4.78 is 0. The maximum absolute atomic E-state index is 6.58. The van der Waals surface area contributed by atoms with Gasteiger partial charge in [0.15, 0.2) is 0 Å². The molecule has 0 radical (unpaired) electrons. The van der Waals surface area contributed by atoms with Crippen LogP contribution in [0.5, 0.6) is 0 Å². The molecule has 2 N–H and O–H groups in total. The SMILES string of the molecule is CC1(C)CCCCC2(C)C(CCCC(C)(N)CC1)C2(C)C. The van der Waals surface area contributed by atoms with E-state index in [0.717, 1.165) is 5.92 Å². The van der Waals surface area contributed by atoms with Crippen LogP contribution in [0.25, 0.3) is 0 Å². The predicted molar refractivity (Wildman–Crippen MR) is 93.3 cm³/mol. The first kappa shape index (κ1) is 17.3. The largest absolute Gasteiger partial charge is 0.325 e. The molecular formula is C20H39N. The first-order valence-corrected chi connectivity index (χ1v) is 9.29. The molecule has 1 nitrogen and oxygen atoms in total. The second kappa shape index (κ2) is 5.55. The van der Waals surface area contributed by atoms with Crippen LogP contribution in [-0.2, 0) is 0 Å². The van der Waals surface area contributed by atoms with E-state index >= 15 is 0 Å². The van der Waals surface area contributed by atoms with E-state index in [-0.39, 0.29) is 5.54 Å². The Morgan fingerprint density at radius 3 is 2.00 bits per heavy atom. The maximum atomic E-state index is 6.58. The fourth-order valence-corrected chi connectivity index (χ4v) is 5.05. The molecular weight excluding hydrogens is 254 g/mol. The van der Waals surface area contributed by atoms with Crippen LogP contribution in [-0.4, -0.2) is 5.54 Å². The van der Waals surface area contributed by atoms with E-state index in [2.05, 4.69) is 41.5 Å². The van der Waals surface area contributed by atoms with E-state index in [1.165, 1.54) is 57.8 Å². The molecule has 3 unspecified atom stereocenters. The van der Waals surface area contributed by atoms with Crippen molar-refractivity contribution in [2.75, 3.05) is 0 Å². The molecule has 2 saturated carbocycles. The zero-order valence-electron chi connectivity index (χ0n) is 15.5. The van der Waals surface area contributed by atoms with Gasteiger partial charge in [-0.1, -0.05) is 53.9 Å². The van der Waals surface area contributed by atoms with Gasteiger partial charge in [-0.2, -0.15) is 0 Å². The molecule has 2 fully saturated rings. The highest BCUT2D eigenvalue weighted by Crippen LogP contribution is 2.72. The lowest BCUT2D eigenvalue weighted by Gasteiger charge is -2.31. The standard InChI is InChI=1S/C20H39N/c1-17(2)11-7-8-13-20(6)16(18(20,3)4)10-9-12-19(5,21)15-14-17/h16H,7-15,21H2,1-6H3. The van der Waals surface area contributed by atoms with Gasteiger partial charge in [0.25, 0.3) is 0 Å². The Morgan fingerprint density at radius 1 is 0.714 bits per heavy atom. The summed E-state index contributed by atoms with van der Waals surface area (Å²) in [4.78, 5) is 0. The summed E-state index contributed by atoms with van der Waals surface area (Å²) in [5, 5.41) is 0. The lowest BCUT2D eigenvalue weighted by atomic mass is 9.77. The predicted octanol–water partition coefficient (Wildman–Crippen LogP) is 5.92. The molecule has 124 valence electrons. The third kappa shape index (κ3) is 3.66. The molecule has 0 spiro atoms. The van der Waals surface area contributed by atoms with Crippen molar-refractivity contribution in [3.05, 3.63) is 0 Å². The van der Waals surface area contributed by atoms with Crippen LogP contribution in [0.15, 0.2) is 0 Å². The maximum Gasteiger partial charge on any atom is 0.0126 e. The van der Waals surface area contributed by atoms with Gasteiger partial charge in [0.05, 0.1) is 0 Å². The first-order chi connectivity index (χ1) is 9.50. The summed E-state index contributed by atoms with van der Waals surface area (Å²) in [5.74, 6) is 0.926. The number of hydrogen-bond acceptors (Lipinski definition) is 1. The molecule has 2 aliphatic carbocycles. The minimum absolute atomic E-state index is 0.0424. The van der Waals surface area contributed by atoms with Crippen molar-refractivity contribution in [3.63, 3.8) is 0 Å². The molecule has 0 aromatic heterocycles. The lowest BCUT2D eigenvalue weighted by molar-refractivity contribution is 0.243. The van der Waals surface area contributed by atoms with Gasteiger partial charge < -0.3 is 5.73 Å². The fraction of sp³-hybridized carbons (Fsp3) is 1.00. The topological polar surface area (TPSA) is 26.0 Å². The van der Waals surface area contributed by atoms with E-state index < -0.39 is 0 Å². The van der Waals surface area contributed by atoms with Crippen molar-refractivity contribution in [1.82, 2.24) is 0 Å².